The van der Waals surface area contributed by atoms with E-state index >= 15 is 0 Å². The monoisotopic (exact) mass is 171 g/mol. The van der Waals surface area contributed by atoms with Crippen LogP contribution in [0.15, 0.2) is 0 Å². The van der Waals surface area contributed by atoms with Crippen molar-refractivity contribution in [1.82, 2.24) is 0 Å². The van der Waals surface area contributed by atoms with Crippen molar-refractivity contribution in [3.05, 3.63) is 0 Å². The van der Waals surface area contributed by atoms with Crippen LogP contribution in [0.25, 0.3) is 0 Å². The Morgan fingerprint density at radius 1 is 1.58 bits per heavy atom. The van der Waals surface area contributed by atoms with Gasteiger partial charge in [0, 0.05) is 6.61 Å². The molecular weight excluding hydrogens is 150 g/mol. The molecule has 0 bridgehead atoms. The zero-order valence-electron chi connectivity index (χ0n) is 8.47. The molecule has 1 aliphatic rings. The second kappa shape index (κ2) is 3.75. The van der Waals surface area contributed by atoms with E-state index in [2.05, 4.69) is 20.8 Å². The Morgan fingerprint density at radius 3 is 2.75 bits per heavy atom. The van der Waals surface area contributed by atoms with E-state index in [9.17, 15) is 0 Å². The maximum absolute atomic E-state index is 5.65. The van der Waals surface area contributed by atoms with E-state index in [4.69, 9.17) is 10.5 Å². The lowest BCUT2D eigenvalue weighted by Crippen LogP contribution is -2.37. The molecule has 12 heavy (non-hydrogen) atoms. The third-order valence-corrected chi connectivity index (χ3v) is 2.91. The van der Waals surface area contributed by atoms with Crippen molar-refractivity contribution in [1.29, 1.82) is 0 Å². The van der Waals surface area contributed by atoms with Gasteiger partial charge >= 0.3 is 0 Å². The fraction of sp³-hybridized carbons (Fsp3) is 1.00. The highest BCUT2D eigenvalue weighted by Gasteiger charge is 2.30. The minimum Gasteiger partial charge on any atom is -0.376 e. The first-order chi connectivity index (χ1) is 5.55. The van der Waals surface area contributed by atoms with Crippen molar-refractivity contribution in [3.63, 3.8) is 0 Å². The Morgan fingerprint density at radius 2 is 2.25 bits per heavy atom. The molecule has 0 aliphatic carbocycles. The summed E-state index contributed by atoms with van der Waals surface area (Å²) in [5.74, 6) is 1.41. The summed E-state index contributed by atoms with van der Waals surface area (Å²) in [6, 6.07) is 0. The SMILES string of the molecule is C[C@H](CN)C1CCOC(C)(C)C1. The highest BCUT2D eigenvalue weighted by atomic mass is 16.5. The Kier molecular flexibility index (Phi) is 3.13. The summed E-state index contributed by atoms with van der Waals surface area (Å²) in [4.78, 5) is 0. The smallest absolute Gasteiger partial charge is 0.0629 e. The number of ether oxygens (including phenoxy) is 1. The van der Waals surface area contributed by atoms with Crippen LogP contribution in [0.5, 0.6) is 0 Å². The van der Waals surface area contributed by atoms with E-state index in [1.165, 1.54) is 6.42 Å². The van der Waals surface area contributed by atoms with Crippen LogP contribution in [0.3, 0.4) is 0 Å². The normalized spacial score (nSPS) is 31.5. The second-order valence-electron chi connectivity index (χ2n) is 4.57. The molecule has 0 aromatic heterocycles. The van der Waals surface area contributed by atoms with Gasteiger partial charge in [0.1, 0.15) is 0 Å². The maximum atomic E-state index is 5.65. The topological polar surface area (TPSA) is 35.2 Å². The predicted octanol–water partition coefficient (Wildman–Crippen LogP) is 1.79. The van der Waals surface area contributed by atoms with E-state index in [1.807, 2.05) is 0 Å². The van der Waals surface area contributed by atoms with Gasteiger partial charge in [0.15, 0.2) is 0 Å². The summed E-state index contributed by atoms with van der Waals surface area (Å²) >= 11 is 0. The third kappa shape index (κ3) is 2.46. The van der Waals surface area contributed by atoms with E-state index < -0.39 is 0 Å². The molecule has 2 N–H and O–H groups in total. The number of hydrogen-bond acceptors (Lipinski definition) is 2. The largest absolute Gasteiger partial charge is 0.376 e. The van der Waals surface area contributed by atoms with Gasteiger partial charge in [-0.15, -0.1) is 0 Å². The summed E-state index contributed by atoms with van der Waals surface area (Å²) in [5, 5.41) is 0. The lowest BCUT2D eigenvalue weighted by Gasteiger charge is -2.37. The van der Waals surface area contributed by atoms with E-state index in [1.54, 1.807) is 0 Å². The maximum Gasteiger partial charge on any atom is 0.0629 e. The molecule has 1 saturated heterocycles. The molecule has 0 spiro atoms. The van der Waals surface area contributed by atoms with Gasteiger partial charge in [-0.25, -0.2) is 0 Å². The second-order valence-corrected chi connectivity index (χ2v) is 4.57. The molecule has 2 nitrogen and oxygen atoms in total. The van der Waals surface area contributed by atoms with Crippen LogP contribution in [-0.2, 0) is 4.74 Å². The summed E-state index contributed by atoms with van der Waals surface area (Å²) in [7, 11) is 0. The van der Waals surface area contributed by atoms with Gasteiger partial charge in [-0.3, -0.25) is 0 Å². The molecule has 0 saturated carbocycles. The zero-order valence-corrected chi connectivity index (χ0v) is 8.47. The molecule has 1 fully saturated rings. The molecule has 0 amide bonds. The molecule has 0 aromatic carbocycles. The highest BCUT2D eigenvalue weighted by Crippen LogP contribution is 2.32. The Hall–Kier alpha value is -0.0800. The predicted molar refractivity (Wildman–Crippen MR) is 51.0 cm³/mol. The number of rotatable bonds is 2. The van der Waals surface area contributed by atoms with Gasteiger partial charge in [0.25, 0.3) is 0 Å². The zero-order chi connectivity index (χ0) is 9.19. The average Bonchev–Trinajstić information content (AvgIpc) is 2.01. The minimum atomic E-state index is 0.0757. The van der Waals surface area contributed by atoms with Crippen molar-refractivity contribution in [2.45, 2.75) is 39.2 Å². The highest BCUT2D eigenvalue weighted by molar-refractivity contribution is 4.81. The van der Waals surface area contributed by atoms with Crippen molar-refractivity contribution in [2.24, 2.45) is 17.6 Å². The van der Waals surface area contributed by atoms with E-state index in [0.717, 1.165) is 25.5 Å². The minimum absolute atomic E-state index is 0.0757. The van der Waals surface area contributed by atoms with Gasteiger partial charge in [0.05, 0.1) is 5.60 Å². The summed E-state index contributed by atoms with van der Waals surface area (Å²) < 4.78 is 5.65. The molecule has 1 aliphatic heterocycles. The van der Waals surface area contributed by atoms with Gasteiger partial charge in [-0.05, 0) is 45.1 Å². The first-order valence-corrected chi connectivity index (χ1v) is 4.89. The van der Waals surface area contributed by atoms with Crippen LogP contribution < -0.4 is 5.73 Å². The lowest BCUT2D eigenvalue weighted by atomic mass is 9.80. The number of nitrogens with two attached hydrogens (primary N) is 1. The Bertz CT molecular complexity index is 145. The summed E-state index contributed by atoms with van der Waals surface area (Å²) in [6.07, 6.45) is 2.34. The quantitative estimate of drug-likeness (QED) is 0.687. The molecule has 0 radical (unpaired) electrons. The standard InChI is InChI=1S/C10H21NO/c1-8(7-11)9-4-5-12-10(2,3)6-9/h8-9H,4-7,11H2,1-3H3/t8-,9?/m1/s1. The van der Waals surface area contributed by atoms with Crippen molar-refractivity contribution in [3.8, 4) is 0 Å². The summed E-state index contributed by atoms with van der Waals surface area (Å²) in [5.41, 5.74) is 5.73. The first kappa shape index (κ1) is 10.0. The lowest BCUT2D eigenvalue weighted by molar-refractivity contribution is -0.0805. The van der Waals surface area contributed by atoms with Gasteiger partial charge in [0.2, 0.25) is 0 Å². The Balaban J connectivity index is 2.46. The first-order valence-electron chi connectivity index (χ1n) is 4.89. The Labute approximate surface area is 75.5 Å². The van der Waals surface area contributed by atoms with Crippen LogP contribution >= 0.6 is 0 Å². The molecule has 1 unspecified atom stereocenters. The number of hydrogen-bond donors (Lipinski definition) is 1. The van der Waals surface area contributed by atoms with Gasteiger partial charge in [-0.2, -0.15) is 0 Å². The van der Waals surface area contributed by atoms with E-state index in [0.29, 0.717) is 5.92 Å². The summed E-state index contributed by atoms with van der Waals surface area (Å²) in [6.45, 7) is 8.29. The van der Waals surface area contributed by atoms with Crippen LogP contribution in [0, 0.1) is 11.8 Å². The van der Waals surface area contributed by atoms with E-state index in [-0.39, 0.29) is 5.60 Å². The molecule has 0 aromatic rings. The van der Waals surface area contributed by atoms with Crippen LogP contribution in [0.4, 0.5) is 0 Å². The van der Waals surface area contributed by atoms with Gasteiger partial charge < -0.3 is 10.5 Å². The molecule has 1 rings (SSSR count). The molecule has 72 valence electrons. The van der Waals surface area contributed by atoms with Crippen molar-refractivity contribution >= 4 is 0 Å². The van der Waals surface area contributed by atoms with Crippen LogP contribution in [0.1, 0.15) is 33.6 Å². The molecule has 1 heterocycles. The van der Waals surface area contributed by atoms with Crippen molar-refractivity contribution in [2.75, 3.05) is 13.2 Å². The molecular formula is C10H21NO. The van der Waals surface area contributed by atoms with Crippen LogP contribution in [-0.4, -0.2) is 18.8 Å². The van der Waals surface area contributed by atoms with Gasteiger partial charge in [-0.1, -0.05) is 6.92 Å². The van der Waals surface area contributed by atoms with Crippen LogP contribution in [0.2, 0.25) is 0 Å². The fourth-order valence-electron chi connectivity index (χ4n) is 1.96. The van der Waals surface area contributed by atoms with Crippen molar-refractivity contribution < 1.29 is 4.74 Å². The molecule has 2 heteroatoms. The average molecular weight is 171 g/mol. The third-order valence-electron chi connectivity index (χ3n) is 2.91. The fourth-order valence-corrected chi connectivity index (χ4v) is 1.96. The molecule has 2 atom stereocenters.